The SMILES string of the molecule is O=C1CC(ON=C(C(=O)O)c2csc(NC(c3ccccc3)(c3ccccc3)c3ccccc3)n2)N1. The molecule has 0 saturated carbocycles. The molecule has 1 aliphatic heterocycles. The predicted molar refractivity (Wildman–Crippen MR) is 137 cm³/mol. The molecule has 180 valence electrons. The molecule has 3 aromatic carbocycles. The average molecular weight is 499 g/mol. The Morgan fingerprint density at radius 3 is 1.92 bits per heavy atom. The first kappa shape index (κ1) is 23.3. The van der Waals surface area contributed by atoms with Crippen molar-refractivity contribution < 1.29 is 19.5 Å². The summed E-state index contributed by atoms with van der Waals surface area (Å²) in [7, 11) is 0. The number of carbonyl (C=O) groups excluding carboxylic acids is 1. The molecule has 8 nitrogen and oxygen atoms in total. The number of thiazole rings is 1. The second-order valence-electron chi connectivity index (χ2n) is 8.12. The fourth-order valence-corrected chi connectivity index (χ4v) is 4.83. The van der Waals surface area contributed by atoms with Crippen LogP contribution in [0.15, 0.2) is 102 Å². The van der Waals surface area contributed by atoms with Gasteiger partial charge in [-0.25, -0.2) is 9.78 Å². The molecule has 1 fully saturated rings. The zero-order chi connectivity index (χ0) is 25.0. The molecule has 1 aromatic heterocycles. The molecule has 0 spiro atoms. The Hall–Kier alpha value is -4.50. The molecule has 1 aliphatic rings. The minimum Gasteiger partial charge on any atom is -0.476 e. The van der Waals surface area contributed by atoms with E-state index in [9.17, 15) is 14.7 Å². The fourth-order valence-electron chi connectivity index (χ4n) is 4.08. The molecule has 1 saturated heterocycles. The summed E-state index contributed by atoms with van der Waals surface area (Å²) in [5.41, 5.74) is 2.00. The Bertz CT molecular complexity index is 1290. The Balaban J connectivity index is 1.57. The van der Waals surface area contributed by atoms with Crippen LogP contribution in [0, 0.1) is 0 Å². The van der Waals surface area contributed by atoms with Crippen molar-refractivity contribution in [2.45, 2.75) is 18.2 Å². The molecular weight excluding hydrogens is 476 g/mol. The molecule has 9 heteroatoms. The molecule has 1 amide bonds. The maximum absolute atomic E-state index is 11.9. The number of carboxylic acids is 1. The number of benzene rings is 3. The normalized spacial score (nSPS) is 15.5. The molecule has 5 rings (SSSR count). The first-order valence-corrected chi connectivity index (χ1v) is 12.1. The number of carboxylic acid groups (broad SMARTS) is 1. The van der Waals surface area contributed by atoms with Gasteiger partial charge in [0.1, 0.15) is 11.2 Å². The number of anilines is 1. The lowest BCUT2D eigenvalue weighted by Crippen LogP contribution is -2.49. The third kappa shape index (κ3) is 4.56. The summed E-state index contributed by atoms with van der Waals surface area (Å²) in [6.07, 6.45) is -0.501. The molecule has 36 heavy (non-hydrogen) atoms. The highest BCUT2D eigenvalue weighted by molar-refractivity contribution is 7.14. The van der Waals surface area contributed by atoms with Gasteiger partial charge in [0.15, 0.2) is 5.13 Å². The molecule has 1 unspecified atom stereocenters. The zero-order valence-corrected chi connectivity index (χ0v) is 19.8. The number of carbonyl (C=O) groups is 2. The van der Waals surface area contributed by atoms with Crippen LogP contribution in [0.1, 0.15) is 28.8 Å². The Morgan fingerprint density at radius 1 is 0.972 bits per heavy atom. The van der Waals surface area contributed by atoms with E-state index in [2.05, 4.69) is 20.8 Å². The van der Waals surface area contributed by atoms with Crippen LogP contribution < -0.4 is 10.6 Å². The third-order valence-corrected chi connectivity index (χ3v) is 6.59. The molecule has 4 aromatic rings. The van der Waals surface area contributed by atoms with E-state index < -0.39 is 17.7 Å². The van der Waals surface area contributed by atoms with Crippen molar-refractivity contribution in [3.8, 4) is 0 Å². The lowest BCUT2D eigenvalue weighted by atomic mass is 9.77. The number of oxime groups is 1. The molecule has 1 atom stereocenters. The largest absolute Gasteiger partial charge is 0.476 e. The Labute approximate surface area is 211 Å². The zero-order valence-electron chi connectivity index (χ0n) is 19.0. The number of aromatic nitrogens is 1. The summed E-state index contributed by atoms with van der Waals surface area (Å²) < 4.78 is 0. The minimum atomic E-state index is -1.28. The van der Waals surface area contributed by atoms with Crippen molar-refractivity contribution in [1.29, 1.82) is 0 Å². The number of nitrogens with one attached hydrogen (secondary N) is 2. The number of β-lactam (4-membered cyclic amide) rings is 1. The number of aliphatic carboxylic acids is 1. The quantitative estimate of drug-likeness (QED) is 0.138. The van der Waals surface area contributed by atoms with Crippen LogP contribution in [0.2, 0.25) is 0 Å². The second kappa shape index (κ2) is 10.0. The first-order valence-electron chi connectivity index (χ1n) is 11.2. The summed E-state index contributed by atoms with van der Waals surface area (Å²) in [6, 6.07) is 30.1. The summed E-state index contributed by atoms with van der Waals surface area (Å²) in [6.45, 7) is 0. The van der Waals surface area contributed by atoms with Crippen LogP contribution in [0.25, 0.3) is 0 Å². The molecule has 0 bridgehead atoms. The van der Waals surface area contributed by atoms with Crippen molar-refractivity contribution in [3.05, 3.63) is 119 Å². The molecule has 0 aliphatic carbocycles. The third-order valence-electron chi connectivity index (χ3n) is 5.83. The summed E-state index contributed by atoms with van der Waals surface area (Å²) in [4.78, 5) is 32.7. The minimum absolute atomic E-state index is 0.133. The van der Waals surface area contributed by atoms with E-state index >= 15 is 0 Å². The molecule has 3 N–H and O–H groups in total. The standard InChI is InChI=1S/C27H22N4O4S/c32-22-16-23(29-22)35-31-24(25(33)34)21-17-36-26(28-21)30-27(18-10-4-1-5-11-18,19-12-6-2-7-13-19)20-14-8-3-9-15-20/h1-15,17,23H,16H2,(H,28,30)(H,29,32)(H,33,34). The summed E-state index contributed by atoms with van der Waals surface area (Å²) in [5.74, 6) is -1.45. The van der Waals surface area contributed by atoms with Crippen LogP contribution in [0.3, 0.4) is 0 Å². The van der Waals surface area contributed by atoms with Gasteiger partial charge < -0.3 is 20.6 Å². The average Bonchev–Trinajstić information content (AvgIpc) is 3.35. The molecular formula is C27H22N4O4S. The maximum atomic E-state index is 11.9. The van der Waals surface area contributed by atoms with Crippen molar-refractivity contribution in [3.63, 3.8) is 0 Å². The first-order chi connectivity index (χ1) is 17.6. The number of nitrogens with zero attached hydrogens (tertiary/aromatic N) is 2. The lowest BCUT2D eigenvalue weighted by Gasteiger charge is -2.36. The smallest absolute Gasteiger partial charge is 0.360 e. The van der Waals surface area contributed by atoms with Crippen LogP contribution in [0.5, 0.6) is 0 Å². The van der Waals surface area contributed by atoms with Crippen molar-refractivity contribution >= 4 is 34.1 Å². The van der Waals surface area contributed by atoms with Gasteiger partial charge in [-0.15, -0.1) is 11.3 Å². The van der Waals surface area contributed by atoms with Crippen LogP contribution in [0.4, 0.5) is 5.13 Å². The highest BCUT2D eigenvalue weighted by Gasteiger charge is 2.37. The highest BCUT2D eigenvalue weighted by atomic mass is 32.1. The van der Waals surface area contributed by atoms with E-state index in [1.807, 2.05) is 91.0 Å². The number of hydrogen-bond acceptors (Lipinski definition) is 7. The van der Waals surface area contributed by atoms with E-state index in [4.69, 9.17) is 4.84 Å². The van der Waals surface area contributed by atoms with E-state index in [0.717, 1.165) is 16.7 Å². The molecule has 0 radical (unpaired) electrons. The van der Waals surface area contributed by atoms with Gasteiger partial charge in [0.25, 0.3) is 0 Å². The van der Waals surface area contributed by atoms with Crippen molar-refractivity contribution in [1.82, 2.24) is 10.3 Å². The Morgan fingerprint density at radius 2 is 1.47 bits per heavy atom. The lowest BCUT2D eigenvalue weighted by molar-refractivity contribution is -0.140. The second-order valence-corrected chi connectivity index (χ2v) is 8.98. The van der Waals surface area contributed by atoms with Gasteiger partial charge in [0.05, 0.1) is 6.42 Å². The van der Waals surface area contributed by atoms with E-state index in [0.29, 0.717) is 5.13 Å². The van der Waals surface area contributed by atoms with Crippen LogP contribution in [-0.4, -0.2) is 33.9 Å². The topological polar surface area (TPSA) is 113 Å². The van der Waals surface area contributed by atoms with Gasteiger partial charge in [-0.1, -0.05) is 96.2 Å². The Kier molecular flexibility index (Phi) is 6.46. The van der Waals surface area contributed by atoms with E-state index in [-0.39, 0.29) is 23.7 Å². The number of hydrogen-bond donors (Lipinski definition) is 3. The van der Waals surface area contributed by atoms with Gasteiger partial charge in [0, 0.05) is 5.38 Å². The van der Waals surface area contributed by atoms with Crippen LogP contribution >= 0.6 is 11.3 Å². The van der Waals surface area contributed by atoms with E-state index in [1.54, 1.807) is 5.38 Å². The summed E-state index contributed by atoms with van der Waals surface area (Å²) in [5, 5.41) is 21.7. The monoisotopic (exact) mass is 498 g/mol. The van der Waals surface area contributed by atoms with Crippen molar-refractivity contribution in [2.24, 2.45) is 5.16 Å². The van der Waals surface area contributed by atoms with Gasteiger partial charge in [-0.2, -0.15) is 0 Å². The highest BCUT2D eigenvalue weighted by Crippen LogP contribution is 2.40. The fraction of sp³-hybridized carbons (Fsp3) is 0.111. The number of amides is 1. The van der Waals surface area contributed by atoms with Crippen LogP contribution in [-0.2, 0) is 20.0 Å². The van der Waals surface area contributed by atoms with Gasteiger partial charge in [-0.05, 0) is 16.7 Å². The predicted octanol–water partition coefficient (Wildman–Crippen LogP) is 4.20. The van der Waals surface area contributed by atoms with Crippen molar-refractivity contribution in [2.75, 3.05) is 5.32 Å². The molecule has 2 heterocycles. The maximum Gasteiger partial charge on any atom is 0.360 e. The van der Waals surface area contributed by atoms with Gasteiger partial charge in [-0.3, -0.25) is 4.79 Å². The summed E-state index contributed by atoms with van der Waals surface area (Å²) >= 11 is 1.27. The van der Waals surface area contributed by atoms with Gasteiger partial charge in [0.2, 0.25) is 17.8 Å². The van der Waals surface area contributed by atoms with E-state index in [1.165, 1.54) is 11.3 Å². The van der Waals surface area contributed by atoms with Gasteiger partial charge >= 0.3 is 5.97 Å². The number of rotatable bonds is 9.